The number of nitro groups is 1. The predicted octanol–water partition coefficient (Wildman–Crippen LogP) is 2.52. The van der Waals surface area contributed by atoms with Crippen LogP contribution in [0.3, 0.4) is 0 Å². The molecule has 2 aromatic carbocycles. The van der Waals surface area contributed by atoms with Gasteiger partial charge in [0.25, 0.3) is 5.69 Å². The largest absolute Gasteiger partial charge is 0.493 e. The number of benzene rings is 2. The maximum absolute atomic E-state index is 10.6. The summed E-state index contributed by atoms with van der Waals surface area (Å²) in [5.41, 5.74) is 7.97. The van der Waals surface area contributed by atoms with Crippen molar-refractivity contribution in [2.75, 3.05) is 6.61 Å². The van der Waals surface area contributed by atoms with Crippen molar-refractivity contribution < 1.29 is 9.66 Å². The third-order valence-electron chi connectivity index (χ3n) is 3.86. The minimum atomic E-state index is -0.425. The van der Waals surface area contributed by atoms with Crippen molar-refractivity contribution in [3.63, 3.8) is 0 Å². The summed E-state index contributed by atoms with van der Waals surface area (Å²) in [6.45, 7) is 0.992. The second-order valence-electron chi connectivity index (χ2n) is 5.50. The summed E-state index contributed by atoms with van der Waals surface area (Å²) in [7, 11) is 0. The van der Waals surface area contributed by atoms with E-state index in [1.807, 2.05) is 24.3 Å². The number of ether oxygens (including phenoxy) is 1. The number of hydrogen-bond donors (Lipinski definition) is 2. The first-order valence-corrected chi connectivity index (χ1v) is 7.65. The Kier molecular flexibility index (Phi) is 4.60. The summed E-state index contributed by atoms with van der Waals surface area (Å²) in [6, 6.07) is 14.2. The summed E-state index contributed by atoms with van der Waals surface area (Å²) in [4.78, 5) is 14.5. The molecular weight excluding hydrogens is 308 g/mol. The average Bonchev–Trinajstić information content (AvgIpc) is 2.61. The van der Waals surface area contributed by atoms with Crippen LogP contribution in [0.1, 0.15) is 23.6 Å². The zero-order chi connectivity index (χ0) is 16.9. The van der Waals surface area contributed by atoms with Crippen LogP contribution < -0.4 is 15.8 Å². The molecule has 0 amide bonds. The van der Waals surface area contributed by atoms with Crippen molar-refractivity contribution in [2.45, 2.75) is 19.0 Å². The van der Waals surface area contributed by atoms with E-state index in [1.165, 1.54) is 12.1 Å². The smallest absolute Gasteiger partial charge is 0.269 e. The number of guanidine groups is 1. The molecule has 0 aliphatic carbocycles. The zero-order valence-electron chi connectivity index (χ0n) is 13.0. The quantitative estimate of drug-likeness (QED) is 0.389. The molecule has 1 atom stereocenters. The Bertz CT molecular complexity index is 759. The lowest BCUT2D eigenvalue weighted by Gasteiger charge is -2.26. The van der Waals surface area contributed by atoms with Gasteiger partial charge in [0.2, 0.25) is 0 Å². The third kappa shape index (κ3) is 3.62. The Morgan fingerprint density at radius 1 is 1.29 bits per heavy atom. The summed E-state index contributed by atoms with van der Waals surface area (Å²) in [5.74, 6) is 1.21. The molecule has 0 saturated heterocycles. The molecule has 0 radical (unpaired) electrons. The zero-order valence-corrected chi connectivity index (χ0v) is 13.0. The molecule has 1 aliphatic rings. The highest BCUT2D eigenvalue weighted by atomic mass is 16.6. The third-order valence-corrected chi connectivity index (χ3v) is 3.86. The van der Waals surface area contributed by atoms with Crippen molar-refractivity contribution in [1.82, 2.24) is 5.32 Å². The van der Waals surface area contributed by atoms with E-state index < -0.39 is 4.92 Å². The average molecular weight is 326 g/mol. The Labute approximate surface area is 139 Å². The van der Waals surface area contributed by atoms with Crippen molar-refractivity contribution in [3.8, 4) is 5.75 Å². The SMILES string of the molecule is NC(=NCc1ccc([N+](=O)[O-])cc1)NC1CCOc2ccccc21. The molecule has 0 fully saturated rings. The molecule has 3 rings (SSSR count). The van der Waals surface area contributed by atoms with E-state index in [-0.39, 0.29) is 11.7 Å². The van der Waals surface area contributed by atoms with Crippen molar-refractivity contribution in [2.24, 2.45) is 10.7 Å². The summed E-state index contributed by atoms with van der Waals surface area (Å²) in [6.07, 6.45) is 0.810. The van der Waals surface area contributed by atoms with E-state index in [4.69, 9.17) is 10.5 Å². The molecule has 0 bridgehead atoms. The molecular formula is C17H18N4O3. The van der Waals surface area contributed by atoms with Gasteiger partial charge in [0.15, 0.2) is 5.96 Å². The lowest BCUT2D eigenvalue weighted by molar-refractivity contribution is -0.384. The molecule has 0 spiro atoms. The summed E-state index contributed by atoms with van der Waals surface area (Å²) >= 11 is 0. The Morgan fingerprint density at radius 3 is 2.79 bits per heavy atom. The molecule has 1 unspecified atom stereocenters. The van der Waals surface area contributed by atoms with E-state index in [1.54, 1.807) is 12.1 Å². The van der Waals surface area contributed by atoms with Crippen molar-refractivity contribution in [1.29, 1.82) is 0 Å². The number of para-hydroxylation sites is 1. The standard InChI is InChI=1S/C17H18N4O3/c18-17(19-11-12-5-7-13(8-6-12)21(22)23)20-15-9-10-24-16-4-2-1-3-14(15)16/h1-8,15H,9-11H2,(H3,18,19,20). The second kappa shape index (κ2) is 6.99. The fourth-order valence-electron chi connectivity index (χ4n) is 2.62. The maximum Gasteiger partial charge on any atom is 0.269 e. The van der Waals surface area contributed by atoms with Gasteiger partial charge in [0.05, 0.1) is 24.1 Å². The number of fused-ring (bicyclic) bond motifs is 1. The van der Waals surface area contributed by atoms with E-state index in [9.17, 15) is 10.1 Å². The maximum atomic E-state index is 10.6. The van der Waals surface area contributed by atoms with Crippen molar-refractivity contribution in [3.05, 3.63) is 69.8 Å². The Hall–Kier alpha value is -3.09. The highest BCUT2D eigenvalue weighted by Crippen LogP contribution is 2.31. The van der Waals surface area contributed by atoms with Gasteiger partial charge in [0.1, 0.15) is 5.75 Å². The van der Waals surface area contributed by atoms with Crippen LogP contribution in [0.15, 0.2) is 53.5 Å². The van der Waals surface area contributed by atoms with Gasteiger partial charge in [-0.05, 0) is 11.6 Å². The highest BCUT2D eigenvalue weighted by molar-refractivity contribution is 5.78. The van der Waals surface area contributed by atoms with Crippen LogP contribution in [0.4, 0.5) is 5.69 Å². The lowest BCUT2D eigenvalue weighted by Crippen LogP contribution is -2.37. The molecule has 0 aromatic heterocycles. The van der Waals surface area contributed by atoms with Gasteiger partial charge in [-0.25, -0.2) is 4.99 Å². The van der Waals surface area contributed by atoms with Gasteiger partial charge in [-0.2, -0.15) is 0 Å². The highest BCUT2D eigenvalue weighted by Gasteiger charge is 2.21. The topological polar surface area (TPSA) is 103 Å². The second-order valence-corrected chi connectivity index (χ2v) is 5.50. The number of hydrogen-bond acceptors (Lipinski definition) is 4. The fourth-order valence-corrected chi connectivity index (χ4v) is 2.62. The number of nitrogens with two attached hydrogens (primary N) is 1. The predicted molar refractivity (Wildman–Crippen MR) is 90.9 cm³/mol. The minimum Gasteiger partial charge on any atom is -0.493 e. The first kappa shape index (κ1) is 15.8. The monoisotopic (exact) mass is 326 g/mol. The van der Waals surface area contributed by atoms with Crippen LogP contribution in [-0.4, -0.2) is 17.5 Å². The van der Waals surface area contributed by atoms with Crippen LogP contribution in [0.2, 0.25) is 0 Å². The first-order chi connectivity index (χ1) is 11.6. The number of aliphatic imine (C=N–C) groups is 1. The minimum absolute atomic E-state index is 0.0626. The Morgan fingerprint density at radius 2 is 2.04 bits per heavy atom. The molecule has 7 heteroatoms. The summed E-state index contributed by atoms with van der Waals surface area (Å²) in [5, 5.41) is 13.9. The normalized spacial score (nSPS) is 16.8. The molecule has 1 heterocycles. The molecule has 7 nitrogen and oxygen atoms in total. The van der Waals surface area contributed by atoms with E-state index in [2.05, 4.69) is 10.3 Å². The van der Waals surface area contributed by atoms with Gasteiger partial charge < -0.3 is 15.8 Å². The van der Waals surface area contributed by atoms with E-state index >= 15 is 0 Å². The van der Waals surface area contributed by atoms with Crippen molar-refractivity contribution >= 4 is 11.6 Å². The van der Waals surface area contributed by atoms with Gasteiger partial charge in [-0.15, -0.1) is 0 Å². The van der Waals surface area contributed by atoms with Crippen LogP contribution in [0.5, 0.6) is 5.75 Å². The molecule has 2 aromatic rings. The number of nitrogens with zero attached hydrogens (tertiary/aromatic N) is 2. The number of non-ortho nitro benzene ring substituents is 1. The van der Waals surface area contributed by atoms with Crippen LogP contribution in [0.25, 0.3) is 0 Å². The van der Waals surface area contributed by atoms with Gasteiger partial charge in [0, 0.05) is 24.1 Å². The number of nitro benzene ring substituents is 1. The van der Waals surface area contributed by atoms with Crippen LogP contribution in [0, 0.1) is 10.1 Å². The molecule has 3 N–H and O–H groups in total. The number of nitrogens with one attached hydrogen (secondary N) is 1. The van der Waals surface area contributed by atoms with E-state index in [0.717, 1.165) is 23.3 Å². The van der Waals surface area contributed by atoms with Crippen LogP contribution in [-0.2, 0) is 6.54 Å². The summed E-state index contributed by atoms with van der Waals surface area (Å²) < 4.78 is 5.62. The first-order valence-electron chi connectivity index (χ1n) is 7.65. The number of rotatable bonds is 4. The molecule has 124 valence electrons. The van der Waals surface area contributed by atoms with Gasteiger partial charge in [-0.1, -0.05) is 30.3 Å². The lowest BCUT2D eigenvalue weighted by atomic mass is 10.0. The fraction of sp³-hybridized carbons (Fsp3) is 0.235. The molecule has 24 heavy (non-hydrogen) atoms. The van der Waals surface area contributed by atoms with Gasteiger partial charge >= 0.3 is 0 Å². The van der Waals surface area contributed by atoms with Gasteiger partial charge in [-0.3, -0.25) is 10.1 Å². The van der Waals surface area contributed by atoms with E-state index in [0.29, 0.717) is 19.1 Å². The molecule has 0 saturated carbocycles. The molecule has 1 aliphatic heterocycles. The Balaban J connectivity index is 1.64. The van der Waals surface area contributed by atoms with Crippen LogP contribution >= 0.6 is 0 Å².